The van der Waals surface area contributed by atoms with Gasteiger partial charge < -0.3 is 9.47 Å². The molecule has 0 fully saturated rings. The van der Waals surface area contributed by atoms with Gasteiger partial charge in [-0.2, -0.15) is 0 Å². The first-order valence-corrected chi connectivity index (χ1v) is 10.6. The third kappa shape index (κ3) is 4.97. The Bertz CT molecular complexity index is 959. The molecule has 7 heteroatoms. The fourth-order valence-electron chi connectivity index (χ4n) is 2.65. The van der Waals surface area contributed by atoms with Gasteiger partial charge in [-0.15, -0.1) is 16.8 Å². The fourth-order valence-corrected chi connectivity index (χ4v) is 4.15. The minimum Gasteiger partial charge on any atom is -0.496 e. The Morgan fingerprint density at radius 1 is 1.18 bits per heavy atom. The number of thioether (sulfide) groups is 1. The standard InChI is InChI=1S/C21H22BrN3O2S/c1-4-11-25-20(13-27-18-8-6-5-7-15(18)2)23-24-21(25)28-14-16-9-10-19(26-3)17(22)12-16/h4-10,12H,1,11,13-14H2,2-3H3. The Morgan fingerprint density at radius 2 is 2.00 bits per heavy atom. The van der Waals surface area contributed by atoms with Crippen LogP contribution >= 0.6 is 27.7 Å². The molecular weight excluding hydrogens is 438 g/mol. The molecule has 3 aromatic rings. The molecule has 2 aromatic carbocycles. The molecule has 0 N–H and O–H groups in total. The zero-order chi connectivity index (χ0) is 19.9. The molecule has 0 saturated carbocycles. The van der Waals surface area contributed by atoms with Crippen LogP contribution in [0.5, 0.6) is 11.5 Å². The molecule has 0 amide bonds. The van der Waals surface area contributed by atoms with Crippen LogP contribution in [-0.4, -0.2) is 21.9 Å². The lowest BCUT2D eigenvalue weighted by molar-refractivity contribution is 0.287. The Hall–Kier alpha value is -2.25. The molecule has 3 rings (SSSR count). The van der Waals surface area contributed by atoms with Crippen LogP contribution in [0.1, 0.15) is 17.0 Å². The number of nitrogens with zero attached hydrogens (tertiary/aromatic N) is 3. The molecule has 0 saturated heterocycles. The summed E-state index contributed by atoms with van der Waals surface area (Å²) in [6.45, 7) is 6.87. The molecule has 0 spiro atoms. The molecule has 5 nitrogen and oxygen atoms in total. The molecule has 1 heterocycles. The van der Waals surface area contributed by atoms with E-state index in [2.05, 4.69) is 38.8 Å². The van der Waals surface area contributed by atoms with Gasteiger partial charge in [0, 0.05) is 12.3 Å². The van der Waals surface area contributed by atoms with E-state index < -0.39 is 0 Å². The number of allylic oxidation sites excluding steroid dienone is 1. The normalized spacial score (nSPS) is 10.7. The average Bonchev–Trinajstić information content (AvgIpc) is 3.08. The van der Waals surface area contributed by atoms with E-state index in [1.807, 2.05) is 54.0 Å². The van der Waals surface area contributed by atoms with E-state index in [9.17, 15) is 0 Å². The number of aromatic nitrogens is 3. The third-order valence-corrected chi connectivity index (χ3v) is 5.80. The van der Waals surface area contributed by atoms with E-state index in [0.717, 1.165) is 38.3 Å². The molecule has 0 aliphatic heterocycles. The second-order valence-corrected chi connectivity index (χ2v) is 7.91. The van der Waals surface area contributed by atoms with Gasteiger partial charge >= 0.3 is 0 Å². The van der Waals surface area contributed by atoms with Crippen LogP contribution in [0.15, 0.2) is 64.7 Å². The van der Waals surface area contributed by atoms with Gasteiger partial charge in [0.25, 0.3) is 0 Å². The average molecular weight is 460 g/mol. The summed E-state index contributed by atoms with van der Waals surface area (Å²) < 4.78 is 14.2. The first kappa shape index (κ1) is 20.5. The van der Waals surface area contributed by atoms with Crippen molar-refractivity contribution in [3.05, 3.63) is 76.5 Å². The molecule has 0 bridgehead atoms. The quantitative estimate of drug-likeness (QED) is 0.316. The molecule has 0 radical (unpaired) electrons. The number of rotatable bonds is 9. The molecule has 0 aliphatic carbocycles. The van der Waals surface area contributed by atoms with Crippen molar-refractivity contribution in [2.45, 2.75) is 31.0 Å². The second kappa shape index (κ2) is 9.80. The highest BCUT2D eigenvalue weighted by molar-refractivity contribution is 9.10. The lowest BCUT2D eigenvalue weighted by atomic mass is 10.2. The zero-order valence-corrected chi connectivity index (χ0v) is 18.3. The summed E-state index contributed by atoms with van der Waals surface area (Å²) in [5.41, 5.74) is 2.26. The zero-order valence-electron chi connectivity index (χ0n) is 15.9. The maximum atomic E-state index is 5.94. The molecule has 146 valence electrons. The lowest BCUT2D eigenvalue weighted by Gasteiger charge is -2.11. The maximum absolute atomic E-state index is 5.94. The largest absolute Gasteiger partial charge is 0.496 e. The number of hydrogen-bond donors (Lipinski definition) is 0. The molecule has 0 aliphatic rings. The number of methoxy groups -OCH3 is 1. The van der Waals surface area contributed by atoms with Crippen LogP contribution in [-0.2, 0) is 18.9 Å². The maximum Gasteiger partial charge on any atom is 0.191 e. The van der Waals surface area contributed by atoms with Gasteiger partial charge in [-0.05, 0) is 52.2 Å². The van der Waals surface area contributed by atoms with Crippen molar-refractivity contribution in [1.82, 2.24) is 14.8 Å². The summed E-state index contributed by atoms with van der Waals surface area (Å²) in [4.78, 5) is 0. The van der Waals surface area contributed by atoms with Crippen LogP contribution in [0.2, 0.25) is 0 Å². The Labute approximate surface area is 177 Å². The van der Waals surface area contributed by atoms with Crippen molar-refractivity contribution in [2.24, 2.45) is 0 Å². The Kier molecular flexibility index (Phi) is 7.17. The fraction of sp³-hybridized carbons (Fsp3) is 0.238. The SMILES string of the molecule is C=CCn1c(COc2ccccc2C)nnc1SCc1ccc(OC)c(Br)c1. The number of ether oxygens (including phenoxy) is 2. The van der Waals surface area contributed by atoms with Gasteiger partial charge in [-0.1, -0.05) is 42.1 Å². The highest BCUT2D eigenvalue weighted by Crippen LogP contribution is 2.29. The lowest BCUT2D eigenvalue weighted by Crippen LogP contribution is -2.08. The van der Waals surface area contributed by atoms with Crippen molar-refractivity contribution in [2.75, 3.05) is 7.11 Å². The minimum atomic E-state index is 0.361. The number of para-hydroxylation sites is 1. The highest BCUT2D eigenvalue weighted by Gasteiger charge is 2.13. The van der Waals surface area contributed by atoms with Crippen LogP contribution in [0.3, 0.4) is 0 Å². The second-order valence-electron chi connectivity index (χ2n) is 6.11. The first-order chi connectivity index (χ1) is 13.6. The van der Waals surface area contributed by atoms with Crippen molar-refractivity contribution < 1.29 is 9.47 Å². The summed E-state index contributed by atoms with van der Waals surface area (Å²) in [7, 11) is 1.66. The van der Waals surface area contributed by atoms with Crippen molar-refractivity contribution in [3.8, 4) is 11.5 Å². The molecular formula is C21H22BrN3O2S. The summed E-state index contributed by atoms with van der Waals surface area (Å²) in [6, 6.07) is 14.0. The highest BCUT2D eigenvalue weighted by atomic mass is 79.9. The van der Waals surface area contributed by atoms with E-state index >= 15 is 0 Å². The predicted octanol–water partition coefficient (Wildman–Crippen LogP) is 5.41. The summed E-state index contributed by atoms with van der Waals surface area (Å²) in [5.74, 6) is 3.23. The number of halogens is 1. The van der Waals surface area contributed by atoms with E-state index in [-0.39, 0.29) is 0 Å². The van der Waals surface area contributed by atoms with Crippen molar-refractivity contribution in [3.63, 3.8) is 0 Å². The molecule has 1 aromatic heterocycles. The van der Waals surface area contributed by atoms with Crippen LogP contribution in [0.4, 0.5) is 0 Å². The number of aryl methyl sites for hydroxylation is 1. The molecule has 28 heavy (non-hydrogen) atoms. The van der Waals surface area contributed by atoms with Crippen molar-refractivity contribution >= 4 is 27.7 Å². The molecule has 0 atom stereocenters. The van der Waals surface area contributed by atoms with E-state index in [0.29, 0.717) is 13.2 Å². The Morgan fingerprint density at radius 3 is 2.71 bits per heavy atom. The summed E-state index contributed by atoms with van der Waals surface area (Å²) in [6.07, 6.45) is 1.84. The van der Waals surface area contributed by atoms with Gasteiger partial charge in [0.05, 0.1) is 11.6 Å². The predicted molar refractivity (Wildman–Crippen MR) is 116 cm³/mol. The topological polar surface area (TPSA) is 49.2 Å². The van der Waals surface area contributed by atoms with Gasteiger partial charge in [0.15, 0.2) is 11.0 Å². The van der Waals surface area contributed by atoms with Crippen LogP contribution < -0.4 is 9.47 Å². The first-order valence-electron chi connectivity index (χ1n) is 8.79. The van der Waals surface area contributed by atoms with Gasteiger partial charge in [-0.25, -0.2) is 0 Å². The van der Waals surface area contributed by atoms with Crippen LogP contribution in [0, 0.1) is 6.92 Å². The Balaban J connectivity index is 1.70. The van der Waals surface area contributed by atoms with E-state index in [1.165, 1.54) is 5.56 Å². The molecule has 0 unspecified atom stereocenters. The van der Waals surface area contributed by atoms with Crippen LogP contribution in [0.25, 0.3) is 0 Å². The van der Waals surface area contributed by atoms with E-state index in [4.69, 9.17) is 9.47 Å². The summed E-state index contributed by atoms with van der Waals surface area (Å²) in [5, 5.41) is 9.52. The van der Waals surface area contributed by atoms with Gasteiger partial charge in [-0.3, -0.25) is 4.57 Å². The number of hydrogen-bond acceptors (Lipinski definition) is 5. The van der Waals surface area contributed by atoms with Gasteiger partial charge in [0.2, 0.25) is 0 Å². The smallest absolute Gasteiger partial charge is 0.191 e. The third-order valence-electron chi connectivity index (χ3n) is 4.14. The van der Waals surface area contributed by atoms with Crippen molar-refractivity contribution in [1.29, 1.82) is 0 Å². The van der Waals surface area contributed by atoms with E-state index in [1.54, 1.807) is 18.9 Å². The summed E-state index contributed by atoms with van der Waals surface area (Å²) >= 11 is 5.16. The van der Waals surface area contributed by atoms with Gasteiger partial charge in [0.1, 0.15) is 18.1 Å². The monoisotopic (exact) mass is 459 g/mol. The minimum absolute atomic E-state index is 0.361. The number of benzene rings is 2.